The summed E-state index contributed by atoms with van der Waals surface area (Å²) in [5.41, 5.74) is 5.64. The van der Waals surface area contributed by atoms with Crippen molar-refractivity contribution in [3.8, 4) is 0 Å². The number of nitrogens with zero attached hydrogens (tertiary/aromatic N) is 1. The smallest absolute Gasteiger partial charge is 0.324 e. The third-order valence-electron chi connectivity index (χ3n) is 4.42. The van der Waals surface area contributed by atoms with Crippen LogP contribution in [0.25, 0.3) is 0 Å². The third kappa shape index (κ3) is 3.32. The van der Waals surface area contributed by atoms with E-state index in [1.165, 1.54) is 18.8 Å². The molecule has 20 heavy (non-hydrogen) atoms. The zero-order valence-electron chi connectivity index (χ0n) is 11.7. The lowest BCUT2D eigenvalue weighted by Crippen LogP contribution is -2.29. The van der Waals surface area contributed by atoms with Gasteiger partial charge in [-0.1, -0.05) is 26.2 Å². The van der Waals surface area contributed by atoms with Crippen LogP contribution in [0.4, 0.5) is 13.2 Å². The van der Waals surface area contributed by atoms with Gasteiger partial charge >= 0.3 is 6.18 Å². The molecule has 112 valence electrons. The van der Waals surface area contributed by atoms with Crippen molar-refractivity contribution >= 4 is 0 Å². The van der Waals surface area contributed by atoms with E-state index >= 15 is 0 Å². The zero-order valence-corrected chi connectivity index (χ0v) is 11.7. The van der Waals surface area contributed by atoms with Crippen LogP contribution >= 0.6 is 0 Å². The zero-order chi connectivity index (χ0) is 14.8. The van der Waals surface area contributed by atoms with Crippen LogP contribution in [0.3, 0.4) is 0 Å². The molecule has 2 N–H and O–H groups in total. The highest BCUT2D eigenvalue weighted by atomic mass is 19.4. The van der Waals surface area contributed by atoms with E-state index in [0.29, 0.717) is 5.92 Å². The molecule has 1 heterocycles. The molecule has 1 saturated carbocycles. The molecular formula is C15H21F3N2. The summed E-state index contributed by atoms with van der Waals surface area (Å²) in [6.07, 6.45) is 3.21. The van der Waals surface area contributed by atoms with E-state index in [2.05, 4.69) is 11.9 Å². The van der Waals surface area contributed by atoms with Crippen molar-refractivity contribution in [2.24, 2.45) is 17.6 Å². The second kappa shape index (κ2) is 6.12. The minimum Gasteiger partial charge on any atom is -0.324 e. The van der Waals surface area contributed by atoms with Crippen LogP contribution < -0.4 is 5.73 Å². The second-order valence-corrected chi connectivity index (χ2v) is 5.69. The van der Waals surface area contributed by atoms with Gasteiger partial charge in [0, 0.05) is 18.4 Å². The quantitative estimate of drug-likeness (QED) is 0.899. The van der Waals surface area contributed by atoms with Gasteiger partial charge in [-0.15, -0.1) is 0 Å². The molecule has 1 aromatic rings. The number of alkyl halides is 3. The van der Waals surface area contributed by atoms with Crippen LogP contribution in [0, 0.1) is 11.8 Å². The fourth-order valence-corrected chi connectivity index (χ4v) is 3.21. The van der Waals surface area contributed by atoms with Crippen LogP contribution in [-0.2, 0) is 6.18 Å². The normalized spacial score (nSPS) is 25.4. The number of pyridine rings is 1. The van der Waals surface area contributed by atoms with Gasteiger partial charge in [-0.05, 0) is 36.3 Å². The Morgan fingerprint density at radius 2 is 2.15 bits per heavy atom. The first-order valence-electron chi connectivity index (χ1n) is 7.20. The molecule has 0 amide bonds. The highest BCUT2D eigenvalue weighted by Crippen LogP contribution is 2.41. The Kier molecular flexibility index (Phi) is 4.68. The highest BCUT2D eigenvalue weighted by molar-refractivity contribution is 5.29. The Bertz CT molecular complexity index is 445. The summed E-state index contributed by atoms with van der Waals surface area (Å²) in [4.78, 5) is 3.83. The van der Waals surface area contributed by atoms with Crippen molar-refractivity contribution in [2.75, 3.05) is 0 Å². The van der Waals surface area contributed by atoms with Gasteiger partial charge in [0.25, 0.3) is 0 Å². The van der Waals surface area contributed by atoms with Crippen molar-refractivity contribution in [2.45, 2.75) is 51.2 Å². The Hall–Kier alpha value is -1.10. The average Bonchev–Trinajstić information content (AvgIpc) is 2.45. The van der Waals surface area contributed by atoms with Gasteiger partial charge in [-0.25, -0.2) is 0 Å². The summed E-state index contributed by atoms with van der Waals surface area (Å²) in [6.45, 7) is 2.13. The molecular weight excluding hydrogens is 265 g/mol. The minimum absolute atomic E-state index is 0.124. The van der Waals surface area contributed by atoms with Gasteiger partial charge in [-0.2, -0.15) is 13.2 Å². The maximum atomic E-state index is 13.0. The molecule has 0 spiro atoms. The van der Waals surface area contributed by atoms with Gasteiger partial charge in [0.1, 0.15) is 0 Å². The van der Waals surface area contributed by atoms with Gasteiger partial charge in [0.05, 0.1) is 5.56 Å². The minimum atomic E-state index is -4.37. The first-order valence-corrected chi connectivity index (χ1v) is 7.20. The van der Waals surface area contributed by atoms with Gasteiger partial charge < -0.3 is 5.73 Å². The summed E-state index contributed by atoms with van der Waals surface area (Å²) in [7, 11) is 0. The third-order valence-corrected chi connectivity index (χ3v) is 4.42. The van der Waals surface area contributed by atoms with Crippen LogP contribution in [0.1, 0.15) is 56.2 Å². The fraction of sp³-hybridized carbons (Fsp3) is 0.667. The first kappa shape index (κ1) is 15.3. The Balaban J connectivity index is 2.23. The van der Waals surface area contributed by atoms with E-state index in [1.54, 1.807) is 0 Å². The number of nitrogens with two attached hydrogens (primary N) is 1. The van der Waals surface area contributed by atoms with Crippen LogP contribution in [0.2, 0.25) is 0 Å². The van der Waals surface area contributed by atoms with Gasteiger partial charge in [-0.3, -0.25) is 4.98 Å². The second-order valence-electron chi connectivity index (χ2n) is 5.69. The molecule has 1 fully saturated rings. The molecule has 0 aromatic carbocycles. The lowest BCUT2D eigenvalue weighted by atomic mass is 9.75. The van der Waals surface area contributed by atoms with Gasteiger partial charge in [0.15, 0.2) is 0 Å². The van der Waals surface area contributed by atoms with Crippen molar-refractivity contribution in [1.29, 1.82) is 0 Å². The van der Waals surface area contributed by atoms with E-state index in [-0.39, 0.29) is 11.5 Å². The van der Waals surface area contributed by atoms with E-state index in [0.717, 1.165) is 31.7 Å². The van der Waals surface area contributed by atoms with Crippen LogP contribution in [0.15, 0.2) is 18.5 Å². The molecule has 1 aliphatic rings. The number of hydrogen-bond donors (Lipinski definition) is 1. The molecule has 3 atom stereocenters. The summed E-state index contributed by atoms with van der Waals surface area (Å²) in [5, 5.41) is 0. The first-order chi connectivity index (χ1) is 9.43. The van der Waals surface area contributed by atoms with Crippen molar-refractivity contribution < 1.29 is 13.2 Å². The standard InChI is InChI=1S/C15H21F3N2/c1-2-10-4-3-5-11(8-10)14(19)12-9-20-7-6-13(12)15(16,17)18/h6-7,9-11,14H,2-5,8,19H2,1H3. The fourth-order valence-electron chi connectivity index (χ4n) is 3.21. The summed E-state index contributed by atoms with van der Waals surface area (Å²) < 4.78 is 39.1. The Morgan fingerprint density at radius 1 is 1.40 bits per heavy atom. The van der Waals surface area contributed by atoms with E-state index in [1.807, 2.05) is 0 Å². The largest absolute Gasteiger partial charge is 0.416 e. The summed E-state index contributed by atoms with van der Waals surface area (Å²) >= 11 is 0. The SMILES string of the molecule is CCC1CCCC(C(N)c2cnccc2C(F)(F)F)C1. The van der Waals surface area contributed by atoms with Crippen molar-refractivity contribution in [3.63, 3.8) is 0 Å². The monoisotopic (exact) mass is 286 g/mol. The number of hydrogen-bond acceptors (Lipinski definition) is 2. The molecule has 1 aromatic heterocycles. The molecule has 0 radical (unpaired) electrons. The molecule has 0 saturated heterocycles. The van der Waals surface area contributed by atoms with Crippen LogP contribution in [0.5, 0.6) is 0 Å². The van der Waals surface area contributed by atoms with Crippen molar-refractivity contribution in [3.05, 3.63) is 29.6 Å². The summed E-state index contributed by atoms with van der Waals surface area (Å²) in [5.74, 6) is 0.713. The summed E-state index contributed by atoms with van der Waals surface area (Å²) in [6, 6.07) is 0.449. The molecule has 5 heteroatoms. The molecule has 2 rings (SSSR count). The lowest BCUT2D eigenvalue weighted by Gasteiger charge is -2.33. The predicted octanol–water partition coefficient (Wildman–Crippen LogP) is 4.32. The number of halogens is 3. The van der Waals surface area contributed by atoms with E-state index in [9.17, 15) is 13.2 Å². The molecule has 3 unspecified atom stereocenters. The predicted molar refractivity (Wildman–Crippen MR) is 71.9 cm³/mol. The number of aromatic nitrogens is 1. The maximum absolute atomic E-state index is 13.0. The number of rotatable bonds is 3. The maximum Gasteiger partial charge on any atom is 0.416 e. The molecule has 1 aliphatic carbocycles. The molecule has 0 bridgehead atoms. The highest BCUT2D eigenvalue weighted by Gasteiger charge is 2.37. The van der Waals surface area contributed by atoms with Crippen LogP contribution in [-0.4, -0.2) is 4.98 Å². The molecule has 0 aliphatic heterocycles. The average molecular weight is 286 g/mol. The van der Waals surface area contributed by atoms with Gasteiger partial charge in [0.2, 0.25) is 0 Å². The topological polar surface area (TPSA) is 38.9 Å². The van der Waals surface area contributed by atoms with E-state index < -0.39 is 17.8 Å². The Labute approximate surface area is 117 Å². The molecule has 2 nitrogen and oxygen atoms in total. The van der Waals surface area contributed by atoms with Crippen molar-refractivity contribution in [1.82, 2.24) is 4.98 Å². The Morgan fingerprint density at radius 3 is 2.80 bits per heavy atom. The van der Waals surface area contributed by atoms with E-state index in [4.69, 9.17) is 5.73 Å². The lowest BCUT2D eigenvalue weighted by molar-refractivity contribution is -0.138.